The predicted molar refractivity (Wildman–Crippen MR) is 62.8 cm³/mol. The molecule has 0 saturated carbocycles. The molecule has 1 amide bonds. The minimum atomic E-state index is -0.326. The fraction of sp³-hybridized carbons (Fsp3) is 0.273. The molecule has 0 aliphatic heterocycles. The Morgan fingerprint density at radius 2 is 2.29 bits per heavy atom. The molecule has 2 aromatic rings. The summed E-state index contributed by atoms with van der Waals surface area (Å²) in [6, 6.07) is 1.88. The molecular weight excluding hydrogens is 218 g/mol. The van der Waals surface area contributed by atoms with Crippen molar-refractivity contribution in [3.05, 3.63) is 35.9 Å². The number of aromatic nitrogens is 4. The van der Waals surface area contributed by atoms with Crippen LogP contribution in [0.3, 0.4) is 0 Å². The van der Waals surface area contributed by atoms with Crippen LogP contribution in [0.2, 0.25) is 0 Å². The minimum absolute atomic E-state index is 0.119. The van der Waals surface area contributed by atoms with E-state index in [0.29, 0.717) is 12.3 Å². The molecule has 0 atom stereocenters. The van der Waals surface area contributed by atoms with Crippen molar-refractivity contribution in [1.29, 1.82) is 0 Å². The van der Waals surface area contributed by atoms with Crippen LogP contribution >= 0.6 is 0 Å². The maximum atomic E-state index is 11.6. The standard InChI is InChI=1S/C11H13N5O/c1-4-5-12-10(17)9-14-11-13-7(2)6-8(3)16(11)15-9/h4,6H,1,5H2,2-3H3,(H,12,17). The van der Waals surface area contributed by atoms with Crippen molar-refractivity contribution < 1.29 is 4.79 Å². The third kappa shape index (κ3) is 2.15. The van der Waals surface area contributed by atoms with Gasteiger partial charge in [-0.25, -0.2) is 9.50 Å². The molecule has 0 saturated heterocycles. The molecular formula is C11H13N5O. The predicted octanol–water partition coefficient (Wildman–Crippen LogP) is 0.657. The van der Waals surface area contributed by atoms with Crippen molar-refractivity contribution in [2.45, 2.75) is 13.8 Å². The second-order valence-electron chi connectivity index (χ2n) is 3.68. The second kappa shape index (κ2) is 4.32. The summed E-state index contributed by atoms with van der Waals surface area (Å²) in [5.74, 6) is 0.228. The lowest BCUT2D eigenvalue weighted by Crippen LogP contribution is -2.24. The van der Waals surface area contributed by atoms with Gasteiger partial charge in [-0.05, 0) is 19.9 Å². The highest BCUT2D eigenvalue weighted by molar-refractivity contribution is 5.90. The SMILES string of the molecule is C=CCNC(=O)c1nc2nc(C)cc(C)n2n1. The number of nitrogens with one attached hydrogen (secondary N) is 1. The summed E-state index contributed by atoms with van der Waals surface area (Å²) in [5, 5.41) is 6.72. The molecule has 88 valence electrons. The Morgan fingerprint density at radius 3 is 3.00 bits per heavy atom. The molecule has 17 heavy (non-hydrogen) atoms. The number of carbonyl (C=O) groups is 1. The largest absolute Gasteiger partial charge is 0.346 e. The van der Waals surface area contributed by atoms with Crippen LogP contribution in [-0.4, -0.2) is 32.0 Å². The molecule has 0 radical (unpaired) electrons. The highest BCUT2D eigenvalue weighted by atomic mass is 16.2. The van der Waals surface area contributed by atoms with Gasteiger partial charge in [0, 0.05) is 17.9 Å². The van der Waals surface area contributed by atoms with E-state index in [1.54, 1.807) is 10.6 Å². The van der Waals surface area contributed by atoms with Crippen molar-refractivity contribution in [1.82, 2.24) is 24.9 Å². The van der Waals surface area contributed by atoms with Gasteiger partial charge in [0.2, 0.25) is 5.82 Å². The van der Waals surface area contributed by atoms with E-state index in [-0.39, 0.29) is 11.7 Å². The van der Waals surface area contributed by atoms with Crippen LogP contribution in [0, 0.1) is 13.8 Å². The Kier molecular flexibility index (Phi) is 2.86. The average molecular weight is 231 g/mol. The zero-order valence-corrected chi connectivity index (χ0v) is 9.77. The van der Waals surface area contributed by atoms with Gasteiger partial charge in [-0.2, -0.15) is 4.98 Å². The van der Waals surface area contributed by atoms with Crippen LogP contribution in [0.4, 0.5) is 0 Å². The Bertz CT molecular complexity index is 587. The minimum Gasteiger partial charge on any atom is -0.346 e. The lowest BCUT2D eigenvalue weighted by molar-refractivity contribution is 0.0948. The van der Waals surface area contributed by atoms with E-state index in [4.69, 9.17) is 0 Å². The van der Waals surface area contributed by atoms with Crippen LogP contribution in [-0.2, 0) is 0 Å². The average Bonchev–Trinajstić information content (AvgIpc) is 2.69. The molecule has 2 aromatic heterocycles. The van der Waals surface area contributed by atoms with Gasteiger partial charge in [-0.15, -0.1) is 11.7 Å². The molecule has 0 spiro atoms. The van der Waals surface area contributed by atoms with E-state index in [0.717, 1.165) is 11.4 Å². The number of hydrogen-bond donors (Lipinski definition) is 1. The quantitative estimate of drug-likeness (QED) is 0.787. The second-order valence-corrected chi connectivity index (χ2v) is 3.68. The van der Waals surface area contributed by atoms with Gasteiger partial charge in [-0.1, -0.05) is 6.08 Å². The van der Waals surface area contributed by atoms with Crippen molar-refractivity contribution in [2.24, 2.45) is 0 Å². The first-order valence-corrected chi connectivity index (χ1v) is 5.22. The van der Waals surface area contributed by atoms with E-state index < -0.39 is 0 Å². The maximum absolute atomic E-state index is 11.6. The van der Waals surface area contributed by atoms with E-state index in [1.807, 2.05) is 19.9 Å². The normalized spacial score (nSPS) is 10.5. The van der Waals surface area contributed by atoms with Crippen LogP contribution in [0.25, 0.3) is 5.78 Å². The number of aryl methyl sites for hydroxylation is 2. The van der Waals surface area contributed by atoms with Gasteiger partial charge in [0.05, 0.1) is 0 Å². The Labute approximate surface area is 98.4 Å². The summed E-state index contributed by atoms with van der Waals surface area (Å²) in [6.07, 6.45) is 1.60. The van der Waals surface area contributed by atoms with Crippen molar-refractivity contribution in [2.75, 3.05) is 6.54 Å². The van der Waals surface area contributed by atoms with Crippen LogP contribution in [0.1, 0.15) is 22.0 Å². The first kappa shape index (κ1) is 11.3. The topological polar surface area (TPSA) is 72.2 Å². The number of carbonyl (C=O) groups excluding carboxylic acids is 1. The summed E-state index contributed by atoms with van der Waals surface area (Å²) >= 11 is 0. The first-order valence-electron chi connectivity index (χ1n) is 5.22. The lowest BCUT2D eigenvalue weighted by Gasteiger charge is -1.97. The van der Waals surface area contributed by atoms with E-state index in [1.165, 1.54) is 0 Å². The van der Waals surface area contributed by atoms with Crippen molar-refractivity contribution in [3.63, 3.8) is 0 Å². The Hall–Kier alpha value is -2.24. The fourth-order valence-electron chi connectivity index (χ4n) is 1.51. The molecule has 0 fully saturated rings. The maximum Gasteiger partial charge on any atom is 0.291 e. The zero-order valence-electron chi connectivity index (χ0n) is 9.77. The molecule has 0 aromatic carbocycles. The monoisotopic (exact) mass is 231 g/mol. The lowest BCUT2D eigenvalue weighted by atomic mass is 10.4. The van der Waals surface area contributed by atoms with Gasteiger partial charge < -0.3 is 5.32 Å². The molecule has 1 N–H and O–H groups in total. The van der Waals surface area contributed by atoms with Gasteiger partial charge >= 0.3 is 0 Å². The number of amides is 1. The number of hydrogen-bond acceptors (Lipinski definition) is 4. The molecule has 0 bridgehead atoms. The Morgan fingerprint density at radius 1 is 1.53 bits per heavy atom. The number of fused-ring (bicyclic) bond motifs is 1. The van der Waals surface area contributed by atoms with E-state index in [2.05, 4.69) is 27.0 Å². The molecule has 6 nitrogen and oxygen atoms in total. The third-order valence-electron chi connectivity index (χ3n) is 2.23. The molecule has 0 unspecified atom stereocenters. The first-order chi connectivity index (χ1) is 8.11. The number of nitrogens with zero attached hydrogens (tertiary/aromatic N) is 4. The number of rotatable bonds is 3. The van der Waals surface area contributed by atoms with E-state index in [9.17, 15) is 4.79 Å². The zero-order chi connectivity index (χ0) is 12.4. The molecule has 6 heteroatoms. The summed E-state index contributed by atoms with van der Waals surface area (Å²) in [4.78, 5) is 19.9. The van der Waals surface area contributed by atoms with Crippen molar-refractivity contribution in [3.8, 4) is 0 Å². The summed E-state index contributed by atoms with van der Waals surface area (Å²) in [5.41, 5.74) is 1.74. The van der Waals surface area contributed by atoms with Crippen molar-refractivity contribution >= 4 is 11.7 Å². The molecule has 2 rings (SSSR count). The summed E-state index contributed by atoms with van der Waals surface area (Å²) in [7, 11) is 0. The molecule has 2 heterocycles. The Balaban J connectivity index is 2.41. The van der Waals surface area contributed by atoms with Gasteiger partial charge in [0.25, 0.3) is 11.7 Å². The van der Waals surface area contributed by atoms with Gasteiger partial charge in [0.1, 0.15) is 0 Å². The van der Waals surface area contributed by atoms with Crippen LogP contribution < -0.4 is 5.32 Å². The van der Waals surface area contributed by atoms with Crippen LogP contribution in [0.15, 0.2) is 18.7 Å². The van der Waals surface area contributed by atoms with Gasteiger partial charge in [0.15, 0.2) is 0 Å². The fourth-order valence-corrected chi connectivity index (χ4v) is 1.51. The summed E-state index contributed by atoms with van der Waals surface area (Å²) in [6.45, 7) is 7.68. The van der Waals surface area contributed by atoms with Gasteiger partial charge in [-0.3, -0.25) is 4.79 Å². The third-order valence-corrected chi connectivity index (χ3v) is 2.23. The highest BCUT2D eigenvalue weighted by Crippen LogP contribution is 2.05. The smallest absolute Gasteiger partial charge is 0.291 e. The highest BCUT2D eigenvalue weighted by Gasteiger charge is 2.13. The van der Waals surface area contributed by atoms with E-state index >= 15 is 0 Å². The molecule has 0 aliphatic rings. The summed E-state index contributed by atoms with van der Waals surface area (Å²) < 4.78 is 1.55. The van der Waals surface area contributed by atoms with Crippen LogP contribution in [0.5, 0.6) is 0 Å². The molecule has 0 aliphatic carbocycles.